The number of carboxylic acid groups (broad SMARTS) is 1. The molecular weight excluding hydrogens is 288 g/mol. The van der Waals surface area contributed by atoms with Crippen LogP contribution < -0.4 is 5.32 Å². The Balaban J connectivity index is 2.05. The Labute approximate surface area is 126 Å². The van der Waals surface area contributed by atoms with Gasteiger partial charge in [0.25, 0.3) is 5.91 Å². The van der Waals surface area contributed by atoms with Crippen molar-refractivity contribution in [3.05, 3.63) is 30.1 Å². The van der Waals surface area contributed by atoms with Gasteiger partial charge in [0, 0.05) is 38.7 Å². The number of carbonyl (C=O) groups excluding carboxylic acids is 2. The molecule has 0 saturated carbocycles. The van der Waals surface area contributed by atoms with E-state index in [-0.39, 0.29) is 30.9 Å². The molecule has 0 spiro atoms. The number of nitrogens with one attached hydrogen (secondary N) is 1. The van der Waals surface area contributed by atoms with E-state index in [9.17, 15) is 19.5 Å². The van der Waals surface area contributed by atoms with Crippen LogP contribution in [-0.2, 0) is 20.8 Å². The number of rotatable bonds is 5. The molecule has 0 aromatic carbocycles. The Hall–Kier alpha value is -2.77. The second-order valence-electron chi connectivity index (χ2n) is 4.89. The maximum absolute atomic E-state index is 12.1. The van der Waals surface area contributed by atoms with E-state index in [0.29, 0.717) is 0 Å². The largest absolute Gasteiger partial charge is 0.480 e. The number of pyridine rings is 1. The fourth-order valence-corrected chi connectivity index (χ4v) is 2.03. The SMILES string of the molecule is CN1N=C(C(=O)NC(Cc2ccncc2)C(=O)O)CCC1=O. The van der Waals surface area contributed by atoms with E-state index in [1.807, 2.05) is 0 Å². The monoisotopic (exact) mass is 304 g/mol. The third-order valence-electron chi connectivity index (χ3n) is 3.26. The van der Waals surface area contributed by atoms with Crippen molar-refractivity contribution in [3.63, 3.8) is 0 Å². The van der Waals surface area contributed by atoms with E-state index >= 15 is 0 Å². The average Bonchev–Trinajstić information content (AvgIpc) is 2.50. The molecule has 2 amide bonds. The van der Waals surface area contributed by atoms with Gasteiger partial charge in [0.2, 0.25) is 5.91 Å². The van der Waals surface area contributed by atoms with Gasteiger partial charge in [0.05, 0.1) is 0 Å². The molecule has 1 aliphatic rings. The van der Waals surface area contributed by atoms with Gasteiger partial charge in [0.15, 0.2) is 0 Å². The topological polar surface area (TPSA) is 112 Å². The minimum absolute atomic E-state index is 0.144. The smallest absolute Gasteiger partial charge is 0.326 e. The molecule has 8 heteroatoms. The highest BCUT2D eigenvalue weighted by Gasteiger charge is 2.26. The number of aromatic nitrogens is 1. The van der Waals surface area contributed by atoms with E-state index in [0.717, 1.165) is 10.6 Å². The first-order valence-corrected chi connectivity index (χ1v) is 6.74. The summed E-state index contributed by atoms with van der Waals surface area (Å²) < 4.78 is 0. The molecular formula is C14H16N4O4. The molecule has 0 fully saturated rings. The number of aliphatic carboxylic acids is 1. The zero-order valence-electron chi connectivity index (χ0n) is 12.0. The molecule has 0 aliphatic carbocycles. The van der Waals surface area contributed by atoms with Crippen LogP contribution in [0.5, 0.6) is 0 Å². The van der Waals surface area contributed by atoms with Crippen molar-refractivity contribution in [2.45, 2.75) is 25.3 Å². The van der Waals surface area contributed by atoms with E-state index in [4.69, 9.17) is 0 Å². The van der Waals surface area contributed by atoms with Crippen LogP contribution in [0, 0.1) is 0 Å². The molecule has 2 rings (SSSR count). The Bertz CT molecular complexity index is 615. The zero-order chi connectivity index (χ0) is 16.1. The first-order valence-electron chi connectivity index (χ1n) is 6.74. The summed E-state index contributed by atoms with van der Waals surface area (Å²) >= 11 is 0. The minimum atomic E-state index is -1.13. The summed E-state index contributed by atoms with van der Waals surface area (Å²) in [5.41, 5.74) is 0.906. The molecule has 0 radical (unpaired) electrons. The van der Waals surface area contributed by atoms with E-state index in [1.54, 1.807) is 24.5 Å². The summed E-state index contributed by atoms with van der Waals surface area (Å²) in [6.45, 7) is 0. The zero-order valence-corrected chi connectivity index (χ0v) is 12.0. The summed E-state index contributed by atoms with van der Waals surface area (Å²) in [5, 5.41) is 16.6. The summed E-state index contributed by atoms with van der Waals surface area (Å²) in [7, 11) is 1.46. The lowest BCUT2D eigenvalue weighted by Crippen LogP contribution is -2.46. The third kappa shape index (κ3) is 3.87. The summed E-state index contributed by atoms with van der Waals surface area (Å²) in [4.78, 5) is 38.6. The Morgan fingerprint density at radius 2 is 2.05 bits per heavy atom. The highest BCUT2D eigenvalue weighted by molar-refractivity contribution is 6.39. The van der Waals surface area contributed by atoms with Crippen molar-refractivity contribution in [2.75, 3.05) is 7.05 Å². The van der Waals surface area contributed by atoms with E-state index in [2.05, 4.69) is 15.4 Å². The predicted octanol–water partition coefficient (Wildman–Crippen LogP) is -0.198. The lowest BCUT2D eigenvalue weighted by molar-refractivity contribution is -0.141. The quantitative estimate of drug-likeness (QED) is 0.782. The minimum Gasteiger partial charge on any atom is -0.480 e. The average molecular weight is 304 g/mol. The van der Waals surface area contributed by atoms with Crippen molar-refractivity contribution in [3.8, 4) is 0 Å². The predicted molar refractivity (Wildman–Crippen MR) is 76.9 cm³/mol. The standard InChI is InChI=1S/C14H16N4O4/c1-18-12(19)3-2-10(17-18)13(20)16-11(14(21)22)8-9-4-6-15-7-5-9/h4-7,11H,2-3,8H2,1H3,(H,16,20)(H,21,22). The summed E-state index contributed by atoms with van der Waals surface area (Å²) in [5.74, 6) is -1.88. The van der Waals surface area contributed by atoms with Gasteiger partial charge in [-0.25, -0.2) is 9.80 Å². The molecule has 0 bridgehead atoms. The van der Waals surface area contributed by atoms with Crippen LogP contribution in [0.1, 0.15) is 18.4 Å². The summed E-state index contributed by atoms with van der Waals surface area (Å²) in [6, 6.07) is 2.31. The number of hydrazone groups is 1. The summed E-state index contributed by atoms with van der Waals surface area (Å²) in [6.07, 6.45) is 3.65. The molecule has 1 aromatic heterocycles. The van der Waals surface area contributed by atoms with Crippen LogP contribution in [0.3, 0.4) is 0 Å². The van der Waals surface area contributed by atoms with Crippen molar-refractivity contribution in [1.29, 1.82) is 0 Å². The molecule has 1 aliphatic heterocycles. The first-order chi connectivity index (χ1) is 10.5. The Kier molecular flexibility index (Phi) is 4.82. The van der Waals surface area contributed by atoms with Crippen molar-refractivity contribution >= 4 is 23.5 Å². The van der Waals surface area contributed by atoms with Crippen LogP contribution in [0.4, 0.5) is 0 Å². The highest BCUT2D eigenvalue weighted by Crippen LogP contribution is 2.08. The van der Waals surface area contributed by atoms with Gasteiger partial charge in [-0.05, 0) is 17.7 Å². The van der Waals surface area contributed by atoms with Gasteiger partial charge in [-0.15, -0.1) is 0 Å². The maximum atomic E-state index is 12.1. The Morgan fingerprint density at radius 1 is 1.36 bits per heavy atom. The van der Waals surface area contributed by atoms with Gasteiger partial charge in [-0.3, -0.25) is 14.6 Å². The molecule has 8 nitrogen and oxygen atoms in total. The lowest BCUT2D eigenvalue weighted by atomic mass is 10.1. The Morgan fingerprint density at radius 3 is 2.64 bits per heavy atom. The number of nitrogens with zero attached hydrogens (tertiary/aromatic N) is 3. The molecule has 0 saturated heterocycles. The number of hydrogen-bond acceptors (Lipinski definition) is 5. The van der Waals surface area contributed by atoms with Crippen LogP contribution in [0.15, 0.2) is 29.6 Å². The number of amides is 2. The van der Waals surface area contributed by atoms with Gasteiger partial charge < -0.3 is 10.4 Å². The van der Waals surface area contributed by atoms with Gasteiger partial charge >= 0.3 is 5.97 Å². The molecule has 1 unspecified atom stereocenters. The van der Waals surface area contributed by atoms with Crippen molar-refractivity contribution in [2.24, 2.45) is 5.10 Å². The van der Waals surface area contributed by atoms with Crippen LogP contribution in [0.2, 0.25) is 0 Å². The fourth-order valence-electron chi connectivity index (χ4n) is 2.03. The fraction of sp³-hybridized carbons (Fsp3) is 0.357. The third-order valence-corrected chi connectivity index (χ3v) is 3.26. The normalized spacial score (nSPS) is 16.0. The maximum Gasteiger partial charge on any atom is 0.326 e. The highest BCUT2D eigenvalue weighted by atomic mass is 16.4. The van der Waals surface area contributed by atoms with Crippen LogP contribution >= 0.6 is 0 Å². The van der Waals surface area contributed by atoms with E-state index < -0.39 is 17.9 Å². The number of hydrogen-bond donors (Lipinski definition) is 2. The molecule has 1 atom stereocenters. The van der Waals surface area contributed by atoms with Gasteiger partial charge in [0.1, 0.15) is 11.8 Å². The number of carbonyl (C=O) groups is 3. The molecule has 2 N–H and O–H groups in total. The molecule has 1 aromatic rings. The lowest BCUT2D eigenvalue weighted by Gasteiger charge is -2.20. The molecule has 22 heavy (non-hydrogen) atoms. The van der Waals surface area contributed by atoms with Crippen LogP contribution in [0.25, 0.3) is 0 Å². The second-order valence-corrected chi connectivity index (χ2v) is 4.89. The van der Waals surface area contributed by atoms with Crippen molar-refractivity contribution in [1.82, 2.24) is 15.3 Å². The van der Waals surface area contributed by atoms with E-state index in [1.165, 1.54) is 7.05 Å². The second kappa shape index (κ2) is 6.79. The van der Waals surface area contributed by atoms with Crippen molar-refractivity contribution < 1.29 is 19.5 Å². The van der Waals surface area contributed by atoms with Gasteiger partial charge in [-0.1, -0.05) is 0 Å². The molecule has 116 valence electrons. The van der Waals surface area contributed by atoms with Crippen LogP contribution in [-0.4, -0.2) is 51.7 Å². The molecule has 2 heterocycles. The first kappa shape index (κ1) is 15.6. The van der Waals surface area contributed by atoms with Gasteiger partial charge in [-0.2, -0.15) is 5.10 Å². The number of carboxylic acids is 1.